The zero-order valence-electron chi connectivity index (χ0n) is 15.3. The van der Waals surface area contributed by atoms with Crippen LogP contribution in [0.2, 0.25) is 0 Å². The molecule has 0 bridgehead atoms. The van der Waals surface area contributed by atoms with Gasteiger partial charge < -0.3 is 15.2 Å². The quantitative estimate of drug-likeness (QED) is 0.691. The van der Waals surface area contributed by atoms with Crippen LogP contribution in [-0.2, 0) is 11.8 Å². The van der Waals surface area contributed by atoms with Gasteiger partial charge in [-0.15, -0.1) is 0 Å². The van der Waals surface area contributed by atoms with Crippen LogP contribution in [0, 0.1) is 6.92 Å². The number of fused-ring (bicyclic) bond motifs is 1. The normalized spacial score (nSPS) is 12.0. The van der Waals surface area contributed by atoms with Crippen molar-refractivity contribution in [2.75, 3.05) is 6.61 Å². The predicted molar refractivity (Wildman–Crippen MR) is 98.7 cm³/mol. The first-order valence-electron chi connectivity index (χ1n) is 8.40. The highest BCUT2D eigenvalue weighted by molar-refractivity contribution is 5.97. The van der Waals surface area contributed by atoms with E-state index >= 15 is 0 Å². The largest absolute Gasteiger partial charge is 0.482 e. The average Bonchev–Trinajstić information content (AvgIpc) is 2.94. The molecule has 0 radical (unpaired) electrons. The highest BCUT2D eigenvalue weighted by atomic mass is 16.5. The number of aromatic nitrogens is 3. The van der Waals surface area contributed by atoms with Crippen molar-refractivity contribution in [3.63, 3.8) is 0 Å². The number of aliphatic carboxylic acids is 1. The lowest BCUT2D eigenvalue weighted by Gasteiger charge is -2.15. The van der Waals surface area contributed by atoms with E-state index in [4.69, 9.17) is 9.84 Å². The molecule has 0 saturated carbocycles. The van der Waals surface area contributed by atoms with Gasteiger partial charge in [0.05, 0.1) is 17.3 Å². The number of aryl methyl sites for hydroxylation is 2. The van der Waals surface area contributed by atoms with Crippen molar-refractivity contribution in [1.82, 2.24) is 20.1 Å². The lowest BCUT2D eigenvalue weighted by atomic mass is 10.1. The van der Waals surface area contributed by atoms with Crippen LogP contribution >= 0.6 is 0 Å². The summed E-state index contributed by atoms with van der Waals surface area (Å²) in [6.45, 7) is 3.35. The summed E-state index contributed by atoms with van der Waals surface area (Å²) in [5, 5.41) is 16.7. The Bertz CT molecular complexity index is 995. The molecule has 0 aliphatic rings. The first-order valence-corrected chi connectivity index (χ1v) is 8.40. The Morgan fingerprint density at radius 2 is 2.00 bits per heavy atom. The molecule has 1 unspecified atom stereocenters. The van der Waals surface area contributed by atoms with Crippen LogP contribution in [-0.4, -0.2) is 38.4 Å². The number of rotatable bonds is 6. The molecule has 2 aromatic heterocycles. The Kier molecular flexibility index (Phi) is 5.07. The topological polar surface area (TPSA) is 106 Å². The summed E-state index contributed by atoms with van der Waals surface area (Å²) in [6, 6.07) is 8.47. The minimum atomic E-state index is -1.03. The molecule has 0 aliphatic heterocycles. The molecule has 8 heteroatoms. The summed E-state index contributed by atoms with van der Waals surface area (Å²) in [6.07, 6.45) is 1.54. The maximum Gasteiger partial charge on any atom is 0.341 e. The molecule has 3 aromatic rings. The summed E-state index contributed by atoms with van der Waals surface area (Å²) in [5.41, 5.74) is 2.89. The number of hydrogen-bond acceptors (Lipinski definition) is 5. The average molecular weight is 368 g/mol. The van der Waals surface area contributed by atoms with E-state index in [0.717, 1.165) is 22.3 Å². The molecule has 2 heterocycles. The molecule has 2 N–H and O–H groups in total. The number of carboxylic acid groups (broad SMARTS) is 1. The van der Waals surface area contributed by atoms with Gasteiger partial charge in [0.1, 0.15) is 5.75 Å². The summed E-state index contributed by atoms with van der Waals surface area (Å²) >= 11 is 0. The number of benzene rings is 1. The molecule has 27 heavy (non-hydrogen) atoms. The maximum absolute atomic E-state index is 12.6. The Balaban J connectivity index is 1.70. The van der Waals surface area contributed by atoms with E-state index in [2.05, 4.69) is 15.4 Å². The first kappa shape index (κ1) is 18.4. The molecular formula is C19H20N4O4. The summed E-state index contributed by atoms with van der Waals surface area (Å²) < 4.78 is 6.79. The van der Waals surface area contributed by atoms with Gasteiger partial charge in [-0.2, -0.15) is 5.10 Å². The second kappa shape index (κ2) is 7.45. The van der Waals surface area contributed by atoms with Gasteiger partial charge >= 0.3 is 5.97 Å². The zero-order chi connectivity index (χ0) is 19.6. The molecular weight excluding hydrogens is 348 g/mol. The Morgan fingerprint density at radius 3 is 2.67 bits per heavy atom. The number of nitrogens with one attached hydrogen (secondary N) is 1. The van der Waals surface area contributed by atoms with Crippen molar-refractivity contribution in [1.29, 1.82) is 0 Å². The van der Waals surface area contributed by atoms with Crippen molar-refractivity contribution >= 4 is 22.9 Å². The third-order valence-electron chi connectivity index (χ3n) is 4.22. The minimum absolute atomic E-state index is 0.230. The maximum atomic E-state index is 12.6. The van der Waals surface area contributed by atoms with E-state index in [1.54, 1.807) is 35.0 Å². The molecule has 1 amide bonds. The summed E-state index contributed by atoms with van der Waals surface area (Å²) in [7, 11) is 1.81. The fraction of sp³-hybridized carbons (Fsp3) is 0.263. The highest BCUT2D eigenvalue weighted by Crippen LogP contribution is 2.20. The van der Waals surface area contributed by atoms with Crippen LogP contribution in [0.1, 0.15) is 34.6 Å². The van der Waals surface area contributed by atoms with Crippen molar-refractivity contribution in [3.8, 4) is 5.75 Å². The van der Waals surface area contributed by atoms with Crippen molar-refractivity contribution in [3.05, 3.63) is 53.3 Å². The van der Waals surface area contributed by atoms with Crippen molar-refractivity contribution < 1.29 is 19.4 Å². The molecule has 140 valence electrons. The molecule has 1 aromatic carbocycles. The third-order valence-corrected chi connectivity index (χ3v) is 4.22. The number of pyridine rings is 1. The van der Waals surface area contributed by atoms with E-state index in [-0.39, 0.29) is 11.9 Å². The SMILES string of the molecule is Cc1nn(C)c2ncc(C(=O)NC(C)c3ccc(OCC(=O)O)cc3)cc12. The fourth-order valence-electron chi connectivity index (χ4n) is 2.79. The number of carbonyl (C=O) groups is 2. The van der Waals surface area contributed by atoms with Gasteiger partial charge in [0.25, 0.3) is 5.91 Å². The number of amides is 1. The van der Waals surface area contributed by atoms with Gasteiger partial charge in [-0.3, -0.25) is 9.48 Å². The molecule has 3 rings (SSSR count). The lowest BCUT2D eigenvalue weighted by Crippen LogP contribution is -2.26. The molecule has 0 aliphatic carbocycles. The molecule has 0 saturated heterocycles. The van der Waals surface area contributed by atoms with Gasteiger partial charge in [0, 0.05) is 18.6 Å². The standard InChI is InChI=1S/C19H20N4O4/c1-11(13-4-6-15(7-5-13)27-10-17(24)25)21-19(26)14-8-16-12(2)22-23(3)18(16)20-9-14/h4-9,11H,10H2,1-3H3,(H,21,26)(H,24,25). The minimum Gasteiger partial charge on any atom is -0.482 e. The van der Waals surface area contributed by atoms with E-state index in [9.17, 15) is 9.59 Å². The van der Waals surface area contributed by atoms with Crippen molar-refractivity contribution in [2.45, 2.75) is 19.9 Å². The van der Waals surface area contributed by atoms with E-state index in [0.29, 0.717) is 11.3 Å². The van der Waals surface area contributed by atoms with E-state index in [1.807, 2.05) is 20.9 Å². The second-order valence-electron chi connectivity index (χ2n) is 6.25. The Morgan fingerprint density at radius 1 is 1.30 bits per heavy atom. The van der Waals surface area contributed by atoms with Gasteiger partial charge in [0.2, 0.25) is 0 Å². The highest BCUT2D eigenvalue weighted by Gasteiger charge is 2.15. The van der Waals surface area contributed by atoms with Crippen LogP contribution in [0.4, 0.5) is 0 Å². The Hall–Kier alpha value is -3.42. The number of carbonyl (C=O) groups excluding carboxylic acids is 1. The molecule has 1 atom stereocenters. The summed E-state index contributed by atoms with van der Waals surface area (Å²) in [4.78, 5) is 27.4. The monoisotopic (exact) mass is 368 g/mol. The zero-order valence-corrected chi connectivity index (χ0v) is 15.3. The molecule has 0 fully saturated rings. The van der Waals surface area contributed by atoms with Crippen LogP contribution in [0.25, 0.3) is 11.0 Å². The van der Waals surface area contributed by atoms with E-state index in [1.165, 1.54) is 6.20 Å². The second-order valence-corrected chi connectivity index (χ2v) is 6.25. The van der Waals surface area contributed by atoms with Gasteiger partial charge in [-0.05, 0) is 37.6 Å². The number of nitrogens with zero attached hydrogens (tertiary/aromatic N) is 3. The first-order chi connectivity index (χ1) is 12.8. The fourth-order valence-corrected chi connectivity index (χ4v) is 2.79. The number of hydrogen-bond donors (Lipinski definition) is 2. The number of ether oxygens (including phenoxy) is 1. The molecule has 0 spiro atoms. The van der Waals surface area contributed by atoms with E-state index < -0.39 is 12.6 Å². The third kappa shape index (κ3) is 4.05. The number of carboxylic acids is 1. The Labute approximate surface area is 155 Å². The van der Waals surface area contributed by atoms with Gasteiger partial charge in [-0.1, -0.05) is 12.1 Å². The van der Waals surface area contributed by atoms with Crippen LogP contribution in [0.15, 0.2) is 36.5 Å². The van der Waals surface area contributed by atoms with Crippen LogP contribution in [0.3, 0.4) is 0 Å². The lowest BCUT2D eigenvalue weighted by molar-refractivity contribution is -0.139. The van der Waals surface area contributed by atoms with Crippen LogP contribution < -0.4 is 10.1 Å². The summed E-state index contributed by atoms with van der Waals surface area (Å²) in [5.74, 6) is -0.804. The van der Waals surface area contributed by atoms with Gasteiger partial charge in [0.15, 0.2) is 12.3 Å². The van der Waals surface area contributed by atoms with Gasteiger partial charge in [-0.25, -0.2) is 9.78 Å². The van der Waals surface area contributed by atoms with Crippen LogP contribution in [0.5, 0.6) is 5.75 Å². The van der Waals surface area contributed by atoms with Crippen molar-refractivity contribution in [2.24, 2.45) is 7.05 Å². The molecule has 8 nitrogen and oxygen atoms in total. The predicted octanol–water partition coefficient (Wildman–Crippen LogP) is 2.23. The smallest absolute Gasteiger partial charge is 0.341 e.